The van der Waals surface area contributed by atoms with Crippen LogP contribution in [0.1, 0.15) is 5.56 Å². The summed E-state index contributed by atoms with van der Waals surface area (Å²) in [5.74, 6) is 0.819. The van der Waals surface area contributed by atoms with Crippen LogP contribution in [0, 0.1) is 0 Å². The third-order valence-electron chi connectivity index (χ3n) is 1.88. The molecule has 0 bridgehead atoms. The van der Waals surface area contributed by atoms with Crippen molar-refractivity contribution in [2.75, 3.05) is 14.2 Å². The van der Waals surface area contributed by atoms with Crippen molar-refractivity contribution in [1.82, 2.24) is 0 Å². The molecule has 14 heavy (non-hydrogen) atoms. The van der Waals surface area contributed by atoms with Crippen molar-refractivity contribution in [3.63, 3.8) is 0 Å². The monoisotopic (exact) mass is 195 g/mol. The maximum atomic E-state index is 10.8. The summed E-state index contributed by atoms with van der Waals surface area (Å²) in [5.41, 5.74) is 5.81. The van der Waals surface area contributed by atoms with Crippen LogP contribution in [-0.2, 0) is 11.2 Å². The van der Waals surface area contributed by atoms with E-state index in [1.54, 1.807) is 32.4 Å². The summed E-state index contributed by atoms with van der Waals surface area (Å²) in [4.78, 5) is 10.8. The van der Waals surface area contributed by atoms with Crippen molar-refractivity contribution < 1.29 is 14.3 Å². The Bertz CT molecular complexity index is 314. The van der Waals surface area contributed by atoms with Crippen LogP contribution < -0.4 is 15.2 Å². The highest BCUT2D eigenvalue weighted by Gasteiger charge is 2.11. The molecule has 76 valence electrons. The minimum absolute atomic E-state index is 0.118. The van der Waals surface area contributed by atoms with Crippen LogP contribution in [-0.4, -0.2) is 20.1 Å². The van der Waals surface area contributed by atoms with Crippen molar-refractivity contribution in [2.45, 2.75) is 6.42 Å². The number of carbonyl (C=O) groups is 1. The lowest BCUT2D eigenvalue weighted by molar-refractivity contribution is -0.117. The topological polar surface area (TPSA) is 61.6 Å². The molecule has 0 radical (unpaired) electrons. The second kappa shape index (κ2) is 4.50. The van der Waals surface area contributed by atoms with Gasteiger partial charge in [-0.3, -0.25) is 4.79 Å². The zero-order valence-electron chi connectivity index (χ0n) is 8.24. The van der Waals surface area contributed by atoms with Gasteiger partial charge in [0.25, 0.3) is 0 Å². The standard InChI is InChI=1S/C10H13NO3/c1-13-8-4-3-5-9(14-2)7(8)6-10(11)12/h3-5H,6H2,1-2H3,(H2,11,12). The van der Waals surface area contributed by atoms with E-state index in [1.165, 1.54) is 0 Å². The van der Waals surface area contributed by atoms with Crippen LogP contribution >= 0.6 is 0 Å². The molecule has 4 nitrogen and oxygen atoms in total. The fraction of sp³-hybridized carbons (Fsp3) is 0.300. The van der Waals surface area contributed by atoms with Gasteiger partial charge in [0.15, 0.2) is 0 Å². The molecule has 0 spiro atoms. The zero-order valence-corrected chi connectivity index (χ0v) is 8.24. The molecule has 0 unspecified atom stereocenters. The third-order valence-corrected chi connectivity index (χ3v) is 1.88. The Balaban J connectivity index is 3.12. The summed E-state index contributed by atoms with van der Waals surface area (Å²) in [6.07, 6.45) is 0.118. The lowest BCUT2D eigenvalue weighted by Crippen LogP contribution is -2.15. The van der Waals surface area contributed by atoms with Gasteiger partial charge in [-0.15, -0.1) is 0 Å². The number of amides is 1. The number of methoxy groups -OCH3 is 2. The van der Waals surface area contributed by atoms with Crippen molar-refractivity contribution in [1.29, 1.82) is 0 Å². The van der Waals surface area contributed by atoms with Crippen LogP contribution in [0.5, 0.6) is 11.5 Å². The Kier molecular flexibility index (Phi) is 3.34. The number of nitrogens with two attached hydrogens (primary N) is 1. The Morgan fingerprint density at radius 2 is 1.79 bits per heavy atom. The quantitative estimate of drug-likeness (QED) is 0.770. The molecule has 0 aliphatic heterocycles. The zero-order chi connectivity index (χ0) is 10.6. The molecule has 0 atom stereocenters. The number of hydrogen-bond donors (Lipinski definition) is 1. The van der Waals surface area contributed by atoms with Crippen LogP contribution in [0.4, 0.5) is 0 Å². The maximum Gasteiger partial charge on any atom is 0.222 e. The largest absolute Gasteiger partial charge is 0.496 e. The number of ether oxygens (including phenoxy) is 2. The molecular weight excluding hydrogens is 182 g/mol. The van der Waals surface area contributed by atoms with Crippen LogP contribution in [0.2, 0.25) is 0 Å². The molecule has 1 rings (SSSR count). The highest BCUT2D eigenvalue weighted by molar-refractivity contribution is 5.78. The van der Waals surface area contributed by atoms with E-state index in [0.29, 0.717) is 17.1 Å². The van der Waals surface area contributed by atoms with Crippen LogP contribution in [0.3, 0.4) is 0 Å². The van der Waals surface area contributed by atoms with E-state index in [1.807, 2.05) is 0 Å². The van der Waals surface area contributed by atoms with Gasteiger partial charge in [-0.25, -0.2) is 0 Å². The van der Waals surface area contributed by atoms with Gasteiger partial charge >= 0.3 is 0 Å². The summed E-state index contributed by atoms with van der Waals surface area (Å²) < 4.78 is 10.2. The predicted molar refractivity (Wildman–Crippen MR) is 52.4 cm³/mol. The van der Waals surface area contributed by atoms with E-state index < -0.39 is 5.91 Å². The van der Waals surface area contributed by atoms with Gasteiger partial charge in [0.05, 0.1) is 20.6 Å². The molecule has 1 aromatic carbocycles. The summed E-state index contributed by atoms with van der Waals surface area (Å²) in [6.45, 7) is 0. The molecule has 0 saturated carbocycles. The van der Waals surface area contributed by atoms with Gasteiger partial charge in [0, 0.05) is 5.56 Å². The summed E-state index contributed by atoms with van der Waals surface area (Å²) >= 11 is 0. The first kappa shape index (κ1) is 10.4. The molecule has 0 fully saturated rings. The van der Waals surface area contributed by atoms with Crippen LogP contribution in [0.25, 0.3) is 0 Å². The van der Waals surface area contributed by atoms with E-state index in [4.69, 9.17) is 15.2 Å². The number of primary amides is 1. The Hall–Kier alpha value is -1.71. The van der Waals surface area contributed by atoms with E-state index >= 15 is 0 Å². The Labute approximate surface area is 82.6 Å². The third kappa shape index (κ3) is 2.16. The second-order valence-corrected chi connectivity index (χ2v) is 2.78. The van der Waals surface area contributed by atoms with Gasteiger partial charge < -0.3 is 15.2 Å². The number of rotatable bonds is 4. The summed E-state index contributed by atoms with van der Waals surface area (Å²) in [6, 6.07) is 5.32. The molecule has 4 heteroatoms. The smallest absolute Gasteiger partial charge is 0.222 e. The molecule has 0 saturated heterocycles. The van der Waals surface area contributed by atoms with E-state index in [-0.39, 0.29) is 6.42 Å². The highest BCUT2D eigenvalue weighted by Crippen LogP contribution is 2.28. The molecule has 0 heterocycles. The predicted octanol–water partition coefficient (Wildman–Crippen LogP) is 0.732. The Morgan fingerprint density at radius 3 is 2.14 bits per heavy atom. The first-order valence-corrected chi connectivity index (χ1v) is 4.17. The minimum atomic E-state index is -0.409. The van der Waals surface area contributed by atoms with E-state index in [2.05, 4.69) is 0 Å². The van der Waals surface area contributed by atoms with Gasteiger partial charge in [0.2, 0.25) is 5.91 Å². The molecule has 2 N–H and O–H groups in total. The van der Waals surface area contributed by atoms with Gasteiger partial charge in [-0.1, -0.05) is 6.07 Å². The average molecular weight is 195 g/mol. The van der Waals surface area contributed by atoms with Crippen molar-refractivity contribution >= 4 is 5.91 Å². The maximum absolute atomic E-state index is 10.8. The number of benzene rings is 1. The SMILES string of the molecule is COc1cccc(OC)c1CC(N)=O. The van der Waals surface area contributed by atoms with Crippen LogP contribution in [0.15, 0.2) is 18.2 Å². The van der Waals surface area contributed by atoms with Crippen molar-refractivity contribution in [3.8, 4) is 11.5 Å². The molecule has 1 aromatic rings. The van der Waals surface area contributed by atoms with E-state index in [9.17, 15) is 4.79 Å². The summed E-state index contributed by atoms with van der Waals surface area (Å²) in [7, 11) is 3.08. The molecule has 1 amide bonds. The average Bonchev–Trinajstić information content (AvgIpc) is 2.17. The molecular formula is C10H13NO3. The fourth-order valence-corrected chi connectivity index (χ4v) is 1.28. The highest BCUT2D eigenvalue weighted by atomic mass is 16.5. The first-order chi connectivity index (χ1) is 6.69. The molecule has 0 aromatic heterocycles. The summed E-state index contributed by atoms with van der Waals surface area (Å²) in [5, 5.41) is 0. The molecule has 0 aliphatic rings. The first-order valence-electron chi connectivity index (χ1n) is 4.17. The number of carbonyl (C=O) groups excluding carboxylic acids is 1. The van der Waals surface area contributed by atoms with Crippen molar-refractivity contribution in [3.05, 3.63) is 23.8 Å². The van der Waals surface area contributed by atoms with E-state index in [0.717, 1.165) is 0 Å². The molecule has 0 aliphatic carbocycles. The van der Waals surface area contributed by atoms with Gasteiger partial charge in [-0.05, 0) is 12.1 Å². The lowest BCUT2D eigenvalue weighted by Gasteiger charge is -2.11. The Morgan fingerprint density at radius 1 is 1.29 bits per heavy atom. The fourth-order valence-electron chi connectivity index (χ4n) is 1.28. The van der Waals surface area contributed by atoms with Gasteiger partial charge in [0.1, 0.15) is 11.5 Å². The number of hydrogen-bond acceptors (Lipinski definition) is 3. The second-order valence-electron chi connectivity index (χ2n) is 2.78. The van der Waals surface area contributed by atoms with Crippen molar-refractivity contribution in [2.24, 2.45) is 5.73 Å². The lowest BCUT2D eigenvalue weighted by atomic mass is 10.1. The minimum Gasteiger partial charge on any atom is -0.496 e. The normalized spacial score (nSPS) is 9.57. The van der Waals surface area contributed by atoms with Gasteiger partial charge in [-0.2, -0.15) is 0 Å².